The fourth-order valence-corrected chi connectivity index (χ4v) is 7.95. The standard InChI is InChI=1S/C43H34N2/c1-43(2)38-20-10-8-17-34(38)37-19-12-22-40(42(37)43)44(32-24-23-29-13-6-7-14-30(29)27-32)33-25-26-36-35-18-9-11-21-39(35)45(41(36)28-33)31-15-4-3-5-16-31/h3-6,8-13,15-28H,7,14H2,1-2H3. The molecule has 2 aliphatic rings. The minimum absolute atomic E-state index is 0.138. The molecule has 0 saturated heterocycles. The summed E-state index contributed by atoms with van der Waals surface area (Å²) in [6, 6.07) is 49.4. The van der Waals surface area contributed by atoms with Crippen molar-refractivity contribution in [1.29, 1.82) is 0 Å². The SMILES string of the molecule is CC1(C)c2ccccc2-c2cccc(N(c3ccc4c(c3)CCC=C4)c3ccc4c5ccccc5n(-c5ccccc5)c4c3)c21. The van der Waals surface area contributed by atoms with E-state index >= 15 is 0 Å². The Balaban J connectivity index is 1.34. The number of allylic oxidation sites excluding steroid dienone is 1. The minimum atomic E-state index is -0.138. The van der Waals surface area contributed by atoms with E-state index in [2.05, 4.69) is 169 Å². The molecule has 0 saturated carbocycles. The summed E-state index contributed by atoms with van der Waals surface area (Å²) in [5.41, 5.74) is 15.3. The van der Waals surface area contributed by atoms with Gasteiger partial charge in [-0.3, -0.25) is 0 Å². The van der Waals surface area contributed by atoms with Gasteiger partial charge in [0.2, 0.25) is 0 Å². The van der Waals surface area contributed by atoms with Crippen LogP contribution in [-0.2, 0) is 11.8 Å². The van der Waals surface area contributed by atoms with Crippen LogP contribution in [0.5, 0.6) is 0 Å². The average Bonchev–Trinajstić information content (AvgIpc) is 3.54. The van der Waals surface area contributed by atoms with Crippen molar-refractivity contribution in [3.63, 3.8) is 0 Å². The molecule has 0 atom stereocenters. The van der Waals surface area contributed by atoms with Crippen molar-refractivity contribution in [2.45, 2.75) is 32.1 Å². The number of hydrogen-bond donors (Lipinski definition) is 0. The van der Waals surface area contributed by atoms with Gasteiger partial charge >= 0.3 is 0 Å². The highest BCUT2D eigenvalue weighted by atomic mass is 15.1. The largest absolute Gasteiger partial charge is 0.310 e. The second-order valence-corrected chi connectivity index (χ2v) is 12.9. The first-order valence-corrected chi connectivity index (χ1v) is 16.0. The molecule has 1 aromatic heterocycles. The van der Waals surface area contributed by atoms with Gasteiger partial charge in [0.1, 0.15) is 0 Å². The number of benzene rings is 6. The molecule has 2 nitrogen and oxygen atoms in total. The summed E-state index contributed by atoms with van der Waals surface area (Å²) >= 11 is 0. The third-order valence-electron chi connectivity index (χ3n) is 9.99. The van der Waals surface area contributed by atoms with Crippen LogP contribution < -0.4 is 4.90 Å². The van der Waals surface area contributed by atoms with E-state index in [0.29, 0.717) is 0 Å². The fourth-order valence-electron chi connectivity index (χ4n) is 7.95. The molecule has 216 valence electrons. The number of aryl methyl sites for hydroxylation is 1. The summed E-state index contributed by atoms with van der Waals surface area (Å²) in [7, 11) is 0. The Morgan fingerprint density at radius 3 is 2.27 bits per heavy atom. The monoisotopic (exact) mass is 578 g/mol. The van der Waals surface area contributed by atoms with Gasteiger partial charge < -0.3 is 9.47 Å². The van der Waals surface area contributed by atoms with Gasteiger partial charge in [0.25, 0.3) is 0 Å². The van der Waals surface area contributed by atoms with Gasteiger partial charge in [-0.2, -0.15) is 0 Å². The minimum Gasteiger partial charge on any atom is -0.310 e. The van der Waals surface area contributed by atoms with E-state index < -0.39 is 0 Å². The molecule has 0 bridgehead atoms. The summed E-state index contributed by atoms with van der Waals surface area (Å²) < 4.78 is 2.42. The molecule has 0 fully saturated rings. The van der Waals surface area contributed by atoms with Gasteiger partial charge in [-0.05, 0) is 94.8 Å². The van der Waals surface area contributed by atoms with Crippen molar-refractivity contribution in [3.05, 3.63) is 162 Å². The van der Waals surface area contributed by atoms with Crippen molar-refractivity contribution in [2.24, 2.45) is 0 Å². The van der Waals surface area contributed by atoms with Crippen molar-refractivity contribution in [3.8, 4) is 16.8 Å². The van der Waals surface area contributed by atoms with Gasteiger partial charge in [0.05, 0.1) is 16.7 Å². The molecule has 9 rings (SSSR count). The molecule has 6 aromatic carbocycles. The van der Waals surface area contributed by atoms with E-state index in [9.17, 15) is 0 Å². The summed E-state index contributed by atoms with van der Waals surface area (Å²) in [6.07, 6.45) is 6.72. The van der Waals surface area contributed by atoms with Crippen LogP contribution in [0.4, 0.5) is 17.1 Å². The van der Waals surface area contributed by atoms with Crippen molar-refractivity contribution in [1.82, 2.24) is 4.57 Å². The highest BCUT2D eigenvalue weighted by Gasteiger charge is 2.38. The zero-order valence-electron chi connectivity index (χ0n) is 25.7. The van der Waals surface area contributed by atoms with Gasteiger partial charge in [0.15, 0.2) is 0 Å². The molecule has 0 unspecified atom stereocenters. The predicted molar refractivity (Wildman–Crippen MR) is 190 cm³/mol. The van der Waals surface area contributed by atoms with Crippen LogP contribution in [0.1, 0.15) is 42.5 Å². The lowest BCUT2D eigenvalue weighted by Crippen LogP contribution is -2.21. The Kier molecular flexibility index (Phi) is 5.70. The molecular weight excluding hydrogens is 544 g/mol. The number of hydrogen-bond acceptors (Lipinski definition) is 1. The van der Waals surface area contributed by atoms with Gasteiger partial charge in [-0.25, -0.2) is 0 Å². The van der Waals surface area contributed by atoms with E-state index in [-0.39, 0.29) is 5.41 Å². The third kappa shape index (κ3) is 3.88. The van der Waals surface area contributed by atoms with Crippen LogP contribution in [0, 0.1) is 0 Å². The Labute approximate surface area is 264 Å². The van der Waals surface area contributed by atoms with Crippen LogP contribution >= 0.6 is 0 Å². The summed E-state index contributed by atoms with van der Waals surface area (Å²) in [4.78, 5) is 2.51. The molecule has 0 aliphatic heterocycles. The van der Waals surface area contributed by atoms with Crippen LogP contribution in [0.15, 0.2) is 140 Å². The molecule has 0 amide bonds. The van der Waals surface area contributed by atoms with E-state index in [0.717, 1.165) is 18.5 Å². The van der Waals surface area contributed by atoms with E-state index in [1.807, 2.05) is 0 Å². The Bertz CT molecular complexity index is 2300. The highest BCUT2D eigenvalue weighted by Crippen LogP contribution is 2.54. The van der Waals surface area contributed by atoms with Crippen molar-refractivity contribution < 1.29 is 0 Å². The Morgan fingerprint density at radius 1 is 0.622 bits per heavy atom. The second kappa shape index (κ2) is 9.84. The Hall–Kier alpha value is -5.34. The average molecular weight is 579 g/mol. The lowest BCUT2D eigenvalue weighted by atomic mass is 9.81. The topological polar surface area (TPSA) is 8.17 Å². The maximum atomic E-state index is 2.51. The maximum Gasteiger partial charge on any atom is 0.0561 e. The molecule has 0 spiro atoms. The molecule has 45 heavy (non-hydrogen) atoms. The molecule has 1 heterocycles. The van der Waals surface area contributed by atoms with Crippen LogP contribution in [0.3, 0.4) is 0 Å². The van der Waals surface area contributed by atoms with Gasteiger partial charge in [-0.15, -0.1) is 0 Å². The first kappa shape index (κ1) is 26.1. The normalized spacial score (nSPS) is 14.4. The van der Waals surface area contributed by atoms with Crippen molar-refractivity contribution in [2.75, 3.05) is 4.90 Å². The first-order chi connectivity index (χ1) is 22.1. The van der Waals surface area contributed by atoms with E-state index in [1.165, 1.54) is 72.2 Å². The van der Waals surface area contributed by atoms with E-state index in [4.69, 9.17) is 0 Å². The van der Waals surface area contributed by atoms with Crippen LogP contribution in [0.2, 0.25) is 0 Å². The second-order valence-electron chi connectivity index (χ2n) is 12.9. The summed E-state index contributed by atoms with van der Waals surface area (Å²) in [6.45, 7) is 4.76. The maximum absolute atomic E-state index is 2.51. The van der Waals surface area contributed by atoms with Crippen molar-refractivity contribution >= 4 is 44.9 Å². The van der Waals surface area contributed by atoms with Gasteiger partial charge in [0, 0.05) is 33.2 Å². The molecule has 2 heteroatoms. The lowest BCUT2D eigenvalue weighted by Gasteiger charge is -2.32. The van der Waals surface area contributed by atoms with Gasteiger partial charge in [-0.1, -0.05) is 111 Å². The highest BCUT2D eigenvalue weighted by molar-refractivity contribution is 6.10. The number of nitrogens with zero attached hydrogens (tertiary/aromatic N) is 2. The smallest absolute Gasteiger partial charge is 0.0561 e. The number of anilines is 3. The molecular formula is C43H34N2. The molecule has 0 N–H and O–H groups in total. The number of rotatable bonds is 4. The molecule has 2 aliphatic carbocycles. The predicted octanol–water partition coefficient (Wildman–Crippen LogP) is 11.5. The van der Waals surface area contributed by atoms with E-state index in [1.54, 1.807) is 0 Å². The number of para-hydroxylation sites is 2. The number of aromatic nitrogens is 1. The zero-order valence-corrected chi connectivity index (χ0v) is 25.7. The summed E-state index contributed by atoms with van der Waals surface area (Å²) in [5, 5.41) is 2.53. The lowest BCUT2D eigenvalue weighted by molar-refractivity contribution is 0.661. The Morgan fingerprint density at radius 2 is 1.36 bits per heavy atom. The zero-order chi connectivity index (χ0) is 30.1. The molecule has 0 radical (unpaired) electrons. The third-order valence-corrected chi connectivity index (χ3v) is 9.99. The quantitative estimate of drug-likeness (QED) is 0.202. The van der Waals surface area contributed by atoms with Crippen LogP contribution in [0.25, 0.3) is 44.7 Å². The molecule has 7 aromatic rings. The first-order valence-electron chi connectivity index (χ1n) is 16.0. The number of fused-ring (bicyclic) bond motifs is 7. The summed E-state index contributed by atoms with van der Waals surface area (Å²) in [5.74, 6) is 0. The van der Waals surface area contributed by atoms with Crippen LogP contribution in [-0.4, -0.2) is 4.57 Å². The fraction of sp³-hybridized carbons (Fsp3) is 0.116.